The summed E-state index contributed by atoms with van der Waals surface area (Å²) in [5.41, 5.74) is 3.74. The number of benzene rings is 1. The van der Waals surface area contributed by atoms with Crippen LogP contribution in [0.3, 0.4) is 0 Å². The molecule has 1 unspecified atom stereocenters. The molecule has 0 radical (unpaired) electrons. The Hall–Kier alpha value is -2.69. The number of hydrogen-bond acceptors (Lipinski definition) is 3. The molecule has 1 saturated heterocycles. The van der Waals surface area contributed by atoms with E-state index in [-0.39, 0.29) is 24.2 Å². The lowest BCUT2D eigenvalue weighted by molar-refractivity contribution is -0.122. The number of nitrogens with zero attached hydrogens (tertiary/aromatic N) is 2. The van der Waals surface area contributed by atoms with Gasteiger partial charge in [-0.3, -0.25) is 14.6 Å². The zero-order valence-electron chi connectivity index (χ0n) is 13.2. The molecule has 118 valence electrons. The van der Waals surface area contributed by atoms with Crippen molar-refractivity contribution >= 4 is 23.2 Å². The van der Waals surface area contributed by atoms with E-state index in [9.17, 15) is 9.59 Å². The lowest BCUT2D eigenvalue weighted by Gasteiger charge is -2.19. The summed E-state index contributed by atoms with van der Waals surface area (Å²) in [6.45, 7) is 4.42. The third-order valence-corrected chi connectivity index (χ3v) is 4.07. The van der Waals surface area contributed by atoms with Crippen molar-refractivity contribution in [2.75, 3.05) is 16.8 Å². The van der Waals surface area contributed by atoms with Crippen molar-refractivity contribution in [1.82, 2.24) is 4.98 Å². The summed E-state index contributed by atoms with van der Waals surface area (Å²) < 4.78 is 0. The molecule has 1 fully saturated rings. The normalized spacial score (nSPS) is 17.4. The first-order chi connectivity index (χ1) is 11.0. The molecule has 1 aliphatic heterocycles. The van der Waals surface area contributed by atoms with E-state index < -0.39 is 0 Å². The van der Waals surface area contributed by atoms with E-state index in [4.69, 9.17) is 0 Å². The molecule has 1 aliphatic rings. The molecule has 1 N–H and O–H groups in total. The number of pyridine rings is 1. The van der Waals surface area contributed by atoms with E-state index in [2.05, 4.69) is 10.3 Å². The zero-order valence-corrected chi connectivity index (χ0v) is 13.2. The van der Waals surface area contributed by atoms with Gasteiger partial charge >= 0.3 is 0 Å². The van der Waals surface area contributed by atoms with Crippen LogP contribution in [0.1, 0.15) is 17.5 Å². The summed E-state index contributed by atoms with van der Waals surface area (Å²) >= 11 is 0. The van der Waals surface area contributed by atoms with Crippen molar-refractivity contribution in [3.8, 4) is 0 Å². The number of carbonyl (C=O) groups excluding carboxylic acids is 2. The Morgan fingerprint density at radius 1 is 1.30 bits per heavy atom. The van der Waals surface area contributed by atoms with E-state index in [0.717, 1.165) is 16.8 Å². The number of rotatable bonds is 3. The molecule has 3 rings (SSSR count). The third kappa shape index (κ3) is 3.23. The lowest BCUT2D eigenvalue weighted by atomic mass is 10.1. The minimum Gasteiger partial charge on any atom is -0.324 e. The molecule has 1 aromatic heterocycles. The third-order valence-electron chi connectivity index (χ3n) is 4.07. The monoisotopic (exact) mass is 309 g/mol. The molecule has 5 nitrogen and oxygen atoms in total. The molecule has 2 heterocycles. The number of amides is 2. The standard InChI is InChI=1S/C18H19N3O2/c1-12-5-6-16(13(2)8-12)21-11-14(9-17(21)22)18(23)20-15-4-3-7-19-10-15/h3-8,10,14H,9,11H2,1-2H3,(H,20,23). The average molecular weight is 309 g/mol. The fraction of sp³-hybridized carbons (Fsp3) is 0.278. The number of aromatic nitrogens is 1. The van der Waals surface area contributed by atoms with Gasteiger partial charge in [0.2, 0.25) is 11.8 Å². The van der Waals surface area contributed by atoms with Crippen LogP contribution in [-0.4, -0.2) is 23.3 Å². The van der Waals surface area contributed by atoms with Crippen molar-refractivity contribution in [1.29, 1.82) is 0 Å². The summed E-state index contributed by atoms with van der Waals surface area (Å²) in [5, 5.41) is 2.82. The molecule has 5 heteroatoms. The second kappa shape index (κ2) is 6.20. The quantitative estimate of drug-likeness (QED) is 0.948. The van der Waals surface area contributed by atoms with E-state index >= 15 is 0 Å². The minimum absolute atomic E-state index is 0.0108. The Kier molecular flexibility index (Phi) is 4.10. The lowest BCUT2D eigenvalue weighted by Crippen LogP contribution is -2.28. The number of aryl methyl sites for hydroxylation is 2. The van der Waals surface area contributed by atoms with Crippen LogP contribution in [0.25, 0.3) is 0 Å². The number of hydrogen-bond donors (Lipinski definition) is 1. The van der Waals surface area contributed by atoms with Crippen LogP contribution >= 0.6 is 0 Å². The van der Waals surface area contributed by atoms with E-state index in [1.165, 1.54) is 0 Å². The molecule has 0 bridgehead atoms. The highest BCUT2D eigenvalue weighted by Gasteiger charge is 2.35. The van der Waals surface area contributed by atoms with Crippen LogP contribution in [0.5, 0.6) is 0 Å². The molecule has 1 aromatic carbocycles. The maximum atomic E-state index is 12.4. The minimum atomic E-state index is -0.344. The van der Waals surface area contributed by atoms with Gasteiger partial charge < -0.3 is 10.2 Å². The molecular weight excluding hydrogens is 290 g/mol. The topological polar surface area (TPSA) is 62.3 Å². The number of carbonyl (C=O) groups is 2. The van der Waals surface area contributed by atoms with Crippen LogP contribution in [0, 0.1) is 19.8 Å². The molecule has 23 heavy (non-hydrogen) atoms. The van der Waals surface area contributed by atoms with Gasteiger partial charge in [0.15, 0.2) is 0 Å². The predicted molar refractivity (Wildman–Crippen MR) is 89.2 cm³/mol. The largest absolute Gasteiger partial charge is 0.324 e. The molecule has 2 amide bonds. The first-order valence-electron chi connectivity index (χ1n) is 7.63. The first-order valence-corrected chi connectivity index (χ1v) is 7.63. The summed E-state index contributed by atoms with van der Waals surface area (Å²) in [4.78, 5) is 30.4. The van der Waals surface area contributed by atoms with Crippen LogP contribution in [-0.2, 0) is 9.59 Å². The average Bonchev–Trinajstić information content (AvgIpc) is 2.90. The van der Waals surface area contributed by atoms with Crippen LogP contribution in [0.2, 0.25) is 0 Å². The summed E-state index contributed by atoms with van der Waals surface area (Å²) in [5.74, 6) is -0.495. The van der Waals surface area contributed by atoms with Crippen molar-refractivity contribution in [3.05, 3.63) is 53.9 Å². The van der Waals surface area contributed by atoms with Crippen molar-refractivity contribution in [2.45, 2.75) is 20.3 Å². The van der Waals surface area contributed by atoms with Gasteiger partial charge in [-0.05, 0) is 37.6 Å². The summed E-state index contributed by atoms with van der Waals surface area (Å²) in [6.07, 6.45) is 3.48. The van der Waals surface area contributed by atoms with E-state index in [0.29, 0.717) is 12.2 Å². The second-order valence-electron chi connectivity index (χ2n) is 5.93. The second-order valence-corrected chi connectivity index (χ2v) is 5.93. The Bertz CT molecular complexity index is 743. The highest BCUT2D eigenvalue weighted by Crippen LogP contribution is 2.29. The molecule has 0 saturated carbocycles. The zero-order chi connectivity index (χ0) is 16.4. The van der Waals surface area contributed by atoms with E-state index in [1.807, 2.05) is 32.0 Å². The maximum absolute atomic E-state index is 12.4. The van der Waals surface area contributed by atoms with E-state index in [1.54, 1.807) is 29.4 Å². The van der Waals surface area contributed by atoms with Gasteiger partial charge in [0.1, 0.15) is 0 Å². The van der Waals surface area contributed by atoms with Gasteiger partial charge in [-0.15, -0.1) is 0 Å². The maximum Gasteiger partial charge on any atom is 0.229 e. The van der Waals surface area contributed by atoms with Gasteiger partial charge in [0, 0.05) is 24.8 Å². The van der Waals surface area contributed by atoms with Crippen LogP contribution < -0.4 is 10.2 Å². The van der Waals surface area contributed by atoms with Crippen molar-refractivity contribution in [3.63, 3.8) is 0 Å². The van der Waals surface area contributed by atoms with Gasteiger partial charge in [-0.2, -0.15) is 0 Å². The van der Waals surface area contributed by atoms with Gasteiger partial charge in [-0.25, -0.2) is 0 Å². The fourth-order valence-corrected chi connectivity index (χ4v) is 2.91. The summed E-state index contributed by atoms with van der Waals surface area (Å²) in [7, 11) is 0. The highest BCUT2D eigenvalue weighted by atomic mass is 16.2. The van der Waals surface area contributed by atoms with Crippen molar-refractivity contribution in [2.24, 2.45) is 5.92 Å². The fourth-order valence-electron chi connectivity index (χ4n) is 2.91. The van der Waals surface area contributed by atoms with Crippen LogP contribution in [0.15, 0.2) is 42.7 Å². The molecule has 1 atom stereocenters. The highest BCUT2D eigenvalue weighted by molar-refractivity contribution is 6.03. The van der Waals surface area contributed by atoms with Crippen molar-refractivity contribution < 1.29 is 9.59 Å². The molecule has 0 aliphatic carbocycles. The van der Waals surface area contributed by atoms with Gasteiger partial charge in [0.25, 0.3) is 0 Å². The number of nitrogens with one attached hydrogen (secondary N) is 1. The predicted octanol–water partition coefficient (Wildman–Crippen LogP) is 2.69. The first kappa shape index (κ1) is 15.2. The summed E-state index contributed by atoms with van der Waals surface area (Å²) in [6, 6.07) is 9.52. The Labute approximate surface area is 135 Å². The van der Waals surface area contributed by atoms with Gasteiger partial charge in [-0.1, -0.05) is 17.7 Å². The Morgan fingerprint density at radius 3 is 2.83 bits per heavy atom. The Balaban J connectivity index is 1.73. The SMILES string of the molecule is Cc1ccc(N2CC(C(=O)Nc3cccnc3)CC2=O)c(C)c1. The molecule has 2 aromatic rings. The van der Waals surface area contributed by atoms with Gasteiger partial charge in [0.05, 0.1) is 17.8 Å². The Morgan fingerprint density at radius 2 is 2.13 bits per heavy atom. The molecule has 0 spiro atoms. The smallest absolute Gasteiger partial charge is 0.229 e. The molecular formula is C18H19N3O2. The number of anilines is 2. The van der Waals surface area contributed by atoms with Crippen LogP contribution in [0.4, 0.5) is 11.4 Å².